The van der Waals surface area contributed by atoms with Gasteiger partial charge in [0, 0.05) is 229 Å². The van der Waals surface area contributed by atoms with Crippen LogP contribution in [0.1, 0.15) is 86.6 Å². The van der Waals surface area contributed by atoms with Crippen LogP contribution in [0, 0.1) is 15.4 Å². The summed E-state index contributed by atoms with van der Waals surface area (Å²) in [5, 5.41) is 9.48. The zero-order valence-electron chi connectivity index (χ0n) is 34.0. The highest BCUT2D eigenvalue weighted by Crippen LogP contribution is 2.27. The van der Waals surface area contributed by atoms with Crippen LogP contribution in [-0.4, -0.2) is 58.2 Å². The van der Waals surface area contributed by atoms with E-state index >= 15 is 0 Å². The maximum Gasteiger partial charge on any atom is 0.414 e. The van der Waals surface area contributed by atoms with Crippen molar-refractivity contribution < 1.29 is 24.2 Å². The summed E-state index contributed by atoms with van der Waals surface area (Å²) >= 11 is 32.6. The molecular formula is C31H43Cl2IN4O5S19. The summed E-state index contributed by atoms with van der Waals surface area (Å²) in [6.07, 6.45) is 5.15. The van der Waals surface area contributed by atoms with Crippen molar-refractivity contribution in [3.8, 4) is 11.8 Å². The second-order valence-electron chi connectivity index (χ2n) is 12.4. The molecule has 0 saturated carbocycles. The monoisotopic (exact) mass is 1360 g/mol. The van der Waals surface area contributed by atoms with E-state index in [0.717, 1.165) is 22.1 Å². The summed E-state index contributed by atoms with van der Waals surface area (Å²) < 4.78 is 11.8. The molecule has 0 aromatic carbocycles. The van der Waals surface area contributed by atoms with Gasteiger partial charge in [0.25, 0.3) is 0 Å². The summed E-state index contributed by atoms with van der Waals surface area (Å²) in [5.41, 5.74) is 0.814. The van der Waals surface area contributed by atoms with Gasteiger partial charge in [-0.05, 0) is 83.4 Å². The van der Waals surface area contributed by atoms with Crippen LogP contribution in [0.4, 0.5) is 21.0 Å². The Morgan fingerprint density at radius 2 is 1.06 bits per heavy atom. The first-order valence-electron chi connectivity index (χ1n) is 16.9. The van der Waals surface area contributed by atoms with Crippen molar-refractivity contribution in [2.45, 2.75) is 92.3 Å². The molecule has 0 spiro atoms. The van der Waals surface area contributed by atoms with Crippen molar-refractivity contribution in [2.24, 2.45) is 0 Å². The number of ether oxygens (including phenoxy) is 2. The van der Waals surface area contributed by atoms with Crippen LogP contribution in [-0.2, 0) is 187 Å². The Morgan fingerprint density at radius 1 is 0.694 bits per heavy atom. The van der Waals surface area contributed by atoms with Gasteiger partial charge < -0.3 is 14.6 Å². The van der Waals surface area contributed by atoms with E-state index in [1.165, 1.54) is 40.4 Å². The normalized spacial score (nSPS) is 9.68. The lowest BCUT2D eigenvalue weighted by atomic mass is 10.2. The number of hydrogen-bond donors (Lipinski definition) is 1. The largest absolute Gasteiger partial charge is 0.443 e. The summed E-state index contributed by atoms with van der Waals surface area (Å²) in [7, 11) is 23.6. The van der Waals surface area contributed by atoms with E-state index in [2.05, 4.69) is 89.2 Å². The van der Waals surface area contributed by atoms with E-state index < -0.39 is 17.3 Å². The van der Waals surface area contributed by atoms with Crippen molar-refractivity contribution in [3.05, 3.63) is 44.0 Å². The van der Waals surface area contributed by atoms with Gasteiger partial charge in [0.05, 0.1) is 20.5 Å². The smallest absolute Gasteiger partial charge is 0.414 e. The molecule has 0 radical (unpaired) electrons. The van der Waals surface area contributed by atoms with Crippen molar-refractivity contribution in [1.82, 2.24) is 9.97 Å². The Bertz CT molecular complexity index is 2440. The summed E-state index contributed by atoms with van der Waals surface area (Å²) in [5.74, 6) is 5.97. The fourth-order valence-corrected chi connectivity index (χ4v) is 34.6. The highest BCUT2D eigenvalue weighted by Gasteiger charge is 2.26. The van der Waals surface area contributed by atoms with E-state index in [-0.39, 0.29) is 17.9 Å². The third-order valence-electron chi connectivity index (χ3n) is 5.40. The third kappa shape index (κ3) is 36.8. The van der Waals surface area contributed by atoms with Crippen molar-refractivity contribution >= 4 is 247 Å². The summed E-state index contributed by atoms with van der Waals surface area (Å²) in [6.45, 7) is 16.2. The Morgan fingerprint density at radius 3 is 1.44 bits per heavy atom. The molecule has 0 aliphatic carbocycles. The van der Waals surface area contributed by atoms with Gasteiger partial charge in [0.15, 0.2) is 0 Å². The first-order valence-corrected chi connectivity index (χ1v) is 41.4. The van der Waals surface area contributed by atoms with Gasteiger partial charge in [-0.15, -0.1) is 0 Å². The number of carbonyl (C=O) groups is 2. The third-order valence-corrected chi connectivity index (χ3v) is 35.5. The Hall–Kier alpha value is 1.85. The van der Waals surface area contributed by atoms with Gasteiger partial charge in [0.2, 0.25) is 0 Å². The van der Waals surface area contributed by atoms with Crippen molar-refractivity contribution in [3.63, 3.8) is 0 Å². The number of aliphatic hydroxyl groups is 1. The van der Waals surface area contributed by atoms with E-state index in [9.17, 15) is 9.59 Å². The van der Waals surface area contributed by atoms with Gasteiger partial charge in [0.1, 0.15) is 21.5 Å². The number of halogens is 3. The topological polar surface area (TPSA) is 105 Å². The standard InChI is InChI=1S/C18H25ClN2O3.C13H18ClIN2O2.S10.S9/c1-5-10-21(17(23)24-18(2,3)4)15-12-16(19)20-13-14(15)9-7-6-8-11-22;1-5-6-17(12(18)19-13(2,3)4)10-7-11(14)16-8-9(10)15;1-3-5-7-9-10-8-6-4-2;1-3-5-7-9-8-6-4-2/h12-13,22H,5-6,8,10-11H2,1-4H3;7-8H,5-6H2,1-4H3;;. The fourth-order valence-electron chi connectivity index (χ4n) is 3.50. The van der Waals surface area contributed by atoms with E-state index in [4.69, 9.17) is 37.8 Å². The van der Waals surface area contributed by atoms with Crippen LogP contribution in [0.3, 0.4) is 0 Å². The molecule has 62 heavy (non-hydrogen) atoms. The van der Waals surface area contributed by atoms with Crippen molar-refractivity contribution in [1.29, 1.82) is 0 Å². The first kappa shape index (κ1) is 65.9. The molecule has 0 bridgehead atoms. The van der Waals surface area contributed by atoms with Crippen LogP contribution >= 0.6 is 45.8 Å². The number of amides is 2. The molecule has 2 rings (SSSR count). The Kier molecular flexibility index (Phi) is 44.4. The molecular weight excluding hydrogens is 1320 g/mol. The lowest BCUT2D eigenvalue weighted by Crippen LogP contribution is -2.37. The maximum absolute atomic E-state index is 12.5. The average Bonchev–Trinajstić information content (AvgIpc) is 3.20. The number of anilines is 2. The quantitative estimate of drug-likeness (QED) is 0.119. The number of pyridine rings is 2. The van der Waals surface area contributed by atoms with Gasteiger partial charge in [-0.2, -0.15) is 0 Å². The molecule has 0 atom stereocenters. The molecule has 2 amide bonds. The molecule has 0 saturated heterocycles. The van der Waals surface area contributed by atoms with Crippen LogP contribution < -0.4 is 9.80 Å². The molecule has 1 N–H and O–H groups in total. The van der Waals surface area contributed by atoms with Gasteiger partial charge >= 0.3 is 12.2 Å². The molecule has 0 fully saturated rings. The number of unbranched alkanes of at least 4 members (excludes halogenated alkanes) is 1. The van der Waals surface area contributed by atoms with Crippen LogP contribution in [0.2, 0.25) is 10.3 Å². The first-order chi connectivity index (χ1) is 29.4. The molecule has 352 valence electrons. The number of nitrogens with zero attached hydrogens (tertiary/aromatic N) is 4. The number of hydrogen-bond acceptors (Lipinski definition) is 11. The number of rotatable bonds is 8. The molecule has 9 nitrogen and oxygen atoms in total. The number of aromatic nitrogens is 2. The molecule has 0 aliphatic rings. The number of aliphatic hydroxyl groups excluding tert-OH is 1. The Balaban J connectivity index is 0. The highest BCUT2D eigenvalue weighted by molar-refractivity contribution is 14.1. The van der Waals surface area contributed by atoms with Crippen LogP contribution in [0.5, 0.6) is 0 Å². The maximum atomic E-state index is 12.5. The zero-order valence-corrected chi connectivity index (χ0v) is 53.2. The van der Waals surface area contributed by atoms with Gasteiger partial charge in [-0.3, -0.25) is 9.80 Å². The predicted molar refractivity (Wildman–Crippen MR) is 322 cm³/mol. The molecule has 0 unspecified atom stereocenters. The van der Waals surface area contributed by atoms with E-state index in [0.29, 0.717) is 42.3 Å². The van der Waals surface area contributed by atoms with Gasteiger partial charge in [-0.1, -0.05) is 48.9 Å². The number of carbonyl (C=O) groups excluding carboxylic acids is 2. The lowest BCUT2D eigenvalue weighted by molar-refractivity contribution is 0.0569. The predicted octanol–water partition coefficient (Wildman–Crippen LogP) is 8.46. The summed E-state index contributed by atoms with van der Waals surface area (Å²) in [4.78, 5) is 36.0. The van der Waals surface area contributed by atoms with Crippen LogP contribution in [0.25, 0.3) is 0 Å². The minimum atomic E-state index is -0.590. The highest BCUT2D eigenvalue weighted by atomic mass is 127. The molecule has 2 aromatic rings. The Labute approximate surface area is 452 Å². The zero-order chi connectivity index (χ0) is 47.4. The minimum absolute atomic E-state index is 0.0975. The van der Waals surface area contributed by atoms with E-state index in [1.807, 2.05) is 55.4 Å². The van der Waals surface area contributed by atoms with E-state index in [1.54, 1.807) is 127 Å². The molecule has 31 heteroatoms. The molecule has 2 aromatic heterocycles. The van der Waals surface area contributed by atoms with Crippen molar-refractivity contribution in [2.75, 3.05) is 29.5 Å². The van der Waals surface area contributed by atoms with Gasteiger partial charge in [-0.25, -0.2) is 19.6 Å². The minimum Gasteiger partial charge on any atom is -0.443 e. The fraction of sp³-hybridized carbons (Fsp3) is 0.548. The molecule has 0 aliphatic heterocycles. The molecule has 2 heterocycles. The van der Waals surface area contributed by atoms with Crippen LogP contribution in [0.15, 0.2) is 24.5 Å². The SMILES string of the molecule is CCCN(C(=O)OC(C)(C)C)c1cc(Cl)ncc1C#CCCCO.CCCN(C(=O)OC(C)(C)C)c1cc(Cl)ncc1I.S=S=S=S=S=S=S=S=S.S=S=S=S=S=S=S=S=S=S. The average molecular weight is 1360 g/mol. The lowest BCUT2D eigenvalue weighted by Gasteiger charge is -2.28. The summed E-state index contributed by atoms with van der Waals surface area (Å²) in [6, 6.07) is 3.31. The second-order valence-corrected chi connectivity index (χ2v) is 40.9. The second kappa shape index (κ2) is 41.8.